The number of hydrogen-bond donors (Lipinski definition) is 1. The van der Waals surface area contributed by atoms with Gasteiger partial charge in [0.05, 0.1) is 28.8 Å². The van der Waals surface area contributed by atoms with Gasteiger partial charge in [0.2, 0.25) is 5.91 Å². The van der Waals surface area contributed by atoms with Gasteiger partial charge in [-0.15, -0.1) is 0 Å². The SMILES string of the molecule is COC(=O)[C@@H](NC(=O)[C@@H](C(=C=O)[Si](C)(C)C)[Si](C)(C)C)C(C)(C)C. The lowest BCUT2D eigenvalue weighted by Gasteiger charge is -2.36. The van der Waals surface area contributed by atoms with Crippen LogP contribution >= 0.6 is 0 Å². The second-order valence-electron chi connectivity index (χ2n) is 9.40. The van der Waals surface area contributed by atoms with Crippen molar-refractivity contribution in [3.8, 4) is 0 Å². The average Bonchev–Trinajstić information content (AvgIpc) is 2.36. The van der Waals surface area contributed by atoms with Crippen LogP contribution in [-0.2, 0) is 19.1 Å². The van der Waals surface area contributed by atoms with E-state index in [0.29, 0.717) is 5.20 Å². The fourth-order valence-corrected chi connectivity index (χ4v) is 8.27. The number of carbonyl (C=O) groups is 2. The molecule has 0 saturated carbocycles. The smallest absolute Gasteiger partial charge is 0.328 e. The van der Waals surface area contributed by atoms with E-state index < -0.39 is 39.1 Å². The number of ether oxygens (including phenoxy) is 1. The Morgan fingerprint density at radius 1 is 1.04 bits per heavy atom. The maximum atomic E-state index is 13.1. The Hall–Kier alpha value is -1.18. The van der Waals surface area contributed by atoms with Gasteiger partial charge in [-0.05, 0) is 5.41 Å². The topological polar surface area (TPSA) is 72.5 Å². The minimum atomic E-state index is -2.04. The Morgan fingerprint density at radius 2 is 1.50 bits per heavy atom. The van der Waals surface area contributed by atoms with Crippen molar-refractivity contribution >= 4 is 34.0 Å². The Bertz CT molecular complexity index is 532. The first kappa shape index (κ1) is 22.8. The number of nitrogens with one attached hydrogen (secondary N) is 1. The summed E-state index contributed by atoms with van der Waals surface area (Å²) < 4.78 is 4.84. The molecule has 0 bridgehead atoms. The number of rotatable bonds is 6. The number of hydrogen-bond acceptors (Lipinski definition) is 4. The fraction of sp³-hybridized carbons (Fsp3) is 0.765. The van der Waals surface area contributed by atoms with Gasteiger partial charge in [0, 0.05) is 5.20 Å². The van der Waals surface area contributed by atoms with Crippen LogP contribution in [0.2, 0.25) is 44.8 Å². The highest BCUT2D eigenvalue weighted by Gasteiger charge is 2.44. The second-order valence-corrected chi connectivity index (χ2v) is 19.7. The zero-order valence-electron chi connectivity index (χ0n) is 16.8. The van der Waals surface area contributed by atoms with Crippen molar-refractivity contribution in [2.75, 3.05) is 7.11 Å². The summed E-state index contributed by atoms with van der Waals surface area (Å²) in [6, 6.07) is -0.761. The minimum Gasteiger partial charge on any atom is -0.467 e. The molecular formula is C17H33NO4Si2. The van der Waals surface area contributed by atoms with E-state index in [9.17, 15) is 14.4 Å². The quantitative estimate of drug-likeness (QED) is 0.442. The predicted octanol–water partition coefficient (Wildman–Crippen LogP) is 3.03. The molecule has 0 radical (unpaired) electrons. The highest BCUT2D eigenvalue weighted by atomic mass is 28.3. The van der Waals surface area contributed by atoms with Crippen molar-refractivity contribution in [1.29, 1.82) is 0 Å². The zero-order valence-corrected chi connectivity index (χ0v) is 18.8. The van der Waals surface area contributed by atoms with E-state index in [2.05, 4.69) is 30.9 Å². The average molecular weight is 372 g/mol. The van der Waals surface area contributed by atoms with Crippen LogP contribution in [0.3, 0.4) is 0 Å². The lowest BCUT2D eigenvalue weighted by molar-refractivity contribution is -0.148. The first-order valence-electron chi connectivity index (χ1n) is 8.21. The van der Waals surface area contributed by atoms with Crippen molar-refractivity contribution in [3.05, 3.63) is 5.20 Å². The third-order valence-electron chi connectivity index (χ3n) is 3.92. The molecule has 0 saturated heterocycles. The lowest BCUT2D eigenvalue weighted by atomic mass is 9.86. The number of methoxy groups -OCH3 is 1. The zero-order chi connectivity index (χ0) is 19.5. The Kier molecular flexibility index (Phi) is 7.42. The van der Waals surface area contributed by atoms with Crippen LogP contribution in [0.5, 0.6) is 0 Å². The number of esters is 1. The molecule has 0 aromatic carbocycles. The van der Waals surface area contributed by atoms with Gasteiger partial charge in [-0.2, -0.15) is 0 Å². The minimum absolute atomic E-state index is 0.264. The van der Waals surface area contributed by atoms with Gasteiger partial charge in [-0.25, -0.2) is 9.59 Å². The van der Waals surface area contributed by atoms with E-state index in [1.807, 2.05) is 40.4 Å². The van der Waals surface area contributed by atoms with Crippen LogP contribution in [0.4, 0.5) is 0 Å². The summed E-state index contributed by atoms with van der Waals surface area (Å²) in [4.78, 5) is 36.8. The van der Waals surface area contributed by atoms with E-state index in [1.54, 1.807) is 0 Å². The molecule has 0 unspecified atom stereocenters. The van der Waals surface area contributed by atoms with Crippen LogP contribution in [0.15, 0.2) is 5.20 Å². The summed E-state index contributed by atoms with van der Waals surface area (Å²) in [5.74, 6) is 1.33. The Morgan fingerprint density at radius 3 is 1.75 bits per heavy atom. The molecule has 1 amide bonds. The van der Waals surface area contributed by atoms with E-state index in [4.69, 9.17) is 4.74 Å². The largest absolute Gasteiger partial charge is 0.467 e. The van der Waals surface area contributed by atoms with Crippen molar-refractivity contribution in [1.82, 2.24) is 5.32 Å². The van der Waals surface area contributed by atoms with Crippen molar-refractivity contribution < 1.29 is 19.1 Å². The summed E-state index contributed by atoms with van der Waals surface area (Å²) in [6.45, 7) is 17.9. The molecule has 0 spiro atoms. The Labute approximate surface area is 148 Å². The molecule has 0 aliphatic heterocycles. The monoisotopic (exact) mass is 371 g/mol. The molecule has 0 rings (SSSR count). The molecule has 0 fully saturated rings. The van der Waals surface area contributed by atoms with Gasteiger partial charge in [0.1, 0.15) is 12.0 Å². The molecule has 7 heteroatoms. The van der Waals surface area contributed by atoms with Crippen molar-refractivity contribution in [2.45, 2.75) is 71.6 Å². The number of carbonyl (C=O) groups excluding carboxylic acids is 3. The first-order chi connectivity index (χ1) is 10.6. The van der Waals surface area contributed by atoms with E-state index in [1.165, 1.54) is 7.11 Å². The van der Waals surface area contributed by atoms with Crippen LogP contribution < -0.4 is 5.32 Å². The molecule has 0 heterocycles. The molecule has 138 valence electrons. The van der Waals surface area contributed by atoms with Gasteiger partial charge in [0.25, 0.3) is 0 Å². The first-order valence-corrected chi connectivity index (χ1v) is 15.3. The third-order valence-corrected chi connectivity index (χ3v) is 8.50. The summed E-state index contributed by atoms with van der Waals surface area (Å²) >= 11 is 0. The number of amides is 1. The van der Waals surface area contributed by atoms with E-state index >= 15 is 0 Å². The van der Waals surface area contributed by atoms with Crippen LogP contribution in [0, 0.1) is 5.41 Å². The highest BCUT2D eigenvalue weighted by molar-refractivity contribution is 6.90. The lowest BCUT2D eigenvalue weighted by Crippen LogP contribution is -2.54. The molecule has 2 atom stereocenters. The fourth-order valence-electron chi connectivity index (χ4n) is 2.57. The third kappa shape index (κ3) is 6.03. The van der Waals surface area contributed by atoms with Crippen LogP contribution in [-0.4, -0.2) is 47.1 Å². The highest BCUT2D eigenvalue weighted by Crippen LogP contribution is 2.35. The van der Waals surface area contributed by atoms with Gasteiger partial charge in [-0.1, -0.05) is 60.1 Å². The maximum absolute atomic E-state index is 13.1. The maximum Gasteiger partial charge on any atom is 0.328 e. The summed E-state index contributed by atoms with van der Waals surface area (Å²) in [6.07, 6.45) is 0. The van der Waals surface area contributed by atoms with Gasteiger partial charge >= 0.3 is 5.97 Å². The molecular weight excluding hydrogens is 338 g/mol. The normalized spacial score (nSPS) is 15.1. The predicted molar refractivity (Wildman–Crippen MR) is 103 cm³/mol. The molecule has 0 aliphatic rings. The molecule has 0 aromatic heterocycles. The molecule has 5 nitrogen and oxygen atoms in total. The van der Waals surface area contributed by atoms with Crippen LogP contribution in [0.1, 0.15) is 20.8 Å². The second kappa shape index (κ2) is 7.80. The summed E-state index contributed by atoms with van der Waals surface area (Å²) in [7, 11) is -2.74. The van der Waals surface area contributed by atoms with Crippen molar-refractivity contribution in [3.63, 3.8) is 0 Å². The summed E-state index contributed by atoms with van der Waals surface area (Å²) in [5.41, 5.74) is -0.979. The standard InChI is InChI=1S/C17H33NO4Si2/c1-17(2,3)14(16(21)22-4)18-15(20)13(24(8,9)10)12(11-19)23(5,6)7/h13-14H,1-10H3,(H,18,20)/t13-,14-/m1/s1. The Balaban J connectivity index is 5.89. The van der Waals surface area contributed by atoms with Gasteiger partial charge < -0.3 is 10.1 Å². The molecule has 0 aromatic rings. The summed E-state index contributed by atoms with van der Waals surface area (Å²) in [5, 5.41) is 3.44. The van der Waals surface area contributed by atoms with E-state index in [0.717, 1.165) is 0 Å². The molecule has 24 heavy (non-hydrogen) atoms. The van der Waals surface area contributed by atoms with E-state index in [-0.39, 0.29) is 5.91 Å². The van der Waals surface area contributed by atoms with Gasteiger partial charge in [0.15, 0.2) is 0 Å². The van der Waals surface area contributed by atoms with Gasteiger partial charge in [-0.3, -0.25) is 4.79 Å². The van der Waals surface area contributed by atoms with Crippen molar-refractivity contribution in [2.24, 2.45) is 5.41 Å². The molecule has 0 aliphatic carbocycles. The molecule has 1 N–H and O–H groups in total. The van der Waals surface area contributed by atoms with Crippen LogP contribution in [0.25, 0.3) is 0 Å².